The molecule has 1 heterocycles. The molecule has 0 bridgehead atoms. The van der Waals surface area contributed by atoms with Crippen LogP contribution in [0.3, 0.4) is 0 Å². The minimum absolute atomic E-state index is 0.321. The molecule has 0 aliphatic carbocycles. The number of hydrogen-bond acceptors (Lipinski definition) is 6. The van der Waals surface area contributed by atoms with Crippen LogP contribution in [0.1, 0.15) is 44.5 Å². The van der Waals surface area contributed by atoms with Gasteiger partial charge in [-0.25, -0.2) is 4.79 Å². The highest BCUT2D eigenvalue weighted by atomic mass is 16.7. The first-order chi connectivity index (χ1) is 11.2. The third-order valence-corrected chi connectivity index (χ3v) is 3.73. The third-order valence-electron chi connectivity index (χ3n) is 3.73. The number of nitro groups is 1. The molecule has 0 N–H and O–H groups in total. The second kappa shape index (κ2) is 6.66. The lowest BCUT2D eigenvalue weighted by molar-refractivity contribution is -0.402. The predicted molar refractivity (Wildman–Crippen MR) is 85.2 cm³/mol. The predicted octanol–water partition coefficient (Wildman–Crippen LogP) is 3.54. The van der Waals surface area contributed by atoms with Crippen molar-refractivity contribution in [3.05, 3.63) is 62.4 Å². The van der Waals surface area contributed by atoms with E-state index in [0.717, 1.165) is 28.8 Å². The van der Waals surface area contributed by atoms with E-state index >= 15 is 0 Å². The number of carbonyl (C=O) groups is 2. The van der Waals surface area contributed by atoms with Gasteiger partial charge in [-0.3, -0.25) is 14.9 Å². The molecule has 7 heteroatoms. The van der Waals surface area contributed by atoms with Crippen LogP contribution in [0.5, 0.6) is 0 Å². The van der Waals surface area contributed by atoms with Gasteiger partial charge in [0.2, 0.25) is 11.5 Å². The van der Waals surface area contributed by atoms with E-state index in [1.54, 1.807) is 6.07 Å². The molecule has 0 saturated carbocycles. The first-order valence-electron chi connectivity index (χ1n) is 7.28. The maximum Gasteiger partial charge on any atom is 0.433 e. The second-order valence-corrected chi connectivity index (χ2v) is 5.56. The molecule has 1 aromatic carbocycles. The lowest BCUT2D eigenvalue weighted by Crippen LogP contribution is -2.25. The van der Waals surface area contributed by atoms with Gasteiger partial charge in [0.1, 0.15) is 4.92 Å². The van der Waals surface area contributed by atoms with Gasteiger partial charge in [0, 0.05) is 5.56 Å². The van der Waals surface area contributed by atoms with Crippen molar-refractivity contribution in [1.82, 2.24) is 0 Å². The number of rotatable bonds is 5. The molecular formula is C17H17NO6. The summed E-state index contributed by atoms with van der Waals surface area (Å²) in [6.45, 7) is 7.10. The van der Waals surface area contributed by atoms with Gasteiger partial charge in [-0.05, 0) is 56.5 Å². The molecule has 7 nitrogen and oxygen atoms in total. The van der Waals surface area contributed by atoms with Gasteiger partial charge in [-0.15, -0.1) is 0 Å². The molecule has 126 valence electrons. The highest BCUT2D eigenvalue weighted by molar-refractivity contribution is 6.02. The molecule has 24 heavy (non-hydrogen) atoms. The van der Waals surface area contributed by atoms with Crippen molar-refractivity contribution in [3.63, 3.8) is 0 Å². The van der Waals surface area contributed by atoms with Crippen molar-refractivity contribution in [2.45, 2.75) is 33.8 Å². The van der Waals surface area contributed by atoms with Crippen LogP contribution < -0.4 is 0 Å². The Morgan fingerprint density at radius 3 is 2.33 bits per heavy atom. The fraction of sp³-hybridized carbons (Fsp3) is 0.294. The Morgan fingerprint density at radius 1 is 1.12 bits per heavy atom. The highest BCUT2D eigenvalue weighted by Gasteiger charge is 2.25. The van der Waals surface area contributed by atoms with Crippen molar-refractivity contribution in [3.8, 4) is 0 Å². The number of ketones is 1. The highest BCUT2D eigenvalue weighted by Crippen LogP contribution is 2.20. The van der Waals surface area contributed by atoms with Crippen molar-refractivity contribution in [2.24, 2.45) is 0 Å². The van der Waals surface area contributed by atoms with Crippen molar-refractivity contribution < 1.29 is 23.7 Å². The molecule has 0 spiro atoms. The first-order valence-corrected chi connectivity index (χ1v) is 7.28. The average Bonchev–Trinajstić information content (AvgIpc) is 3.00. The molecule has 2 aromatic rings. The van der Waals surface area contributed by atoms with Crippen LogP contribution in [-0.4, -0.2) is 22.8 Å². The molecule has 1 atom stereocenters. The summed E-state index contributed by atoms with van der Waals surface area (Å²) in [4.78, 5) is 34.2. The van der Waals surface area contributed by atoms with E-state index in [0.29, 0.717) is 5.56 Å². The van der Waals surface area contributed by atoms with Crippen LogP contribution in [0.25, 0.3) is 0 Å². The summed E-state index contributed by atoms with van der Waals surface area (Å²) in [5, 5.41) is 10.6. The second-order valence-electron chi connectivity index (χ2n) is 5.56. The summed E-state index contributed by atoms with van der Waals surface area (Å²) in [6.07, 6.45) is -1.04. The average molecular weight is 331 g/mol. The number of carbonyl (C=O) groups excluding carboxylic acids is 2. The van der Waals surface area contributed by atoms with Crippen molar-refractivity contribution in [2.75, 3.05) is 0 Å². The number of Topliss-reactive ketones (excluding diaryl/α,β-unsaturated/α-hetero) is 1. The number of esters is 1. The number of benzene rings is 1. The topological polar surface area (TPSA) is 99.7 Å². The van der Waals surface area contributed by atoms with Crippen LogP contribution >= 0.6 is 0 Å². The Balaban J connectivity index is 2.15. The Morgan fingerprint density at radius 2 is 1.75 bits per heavy atom. The van der Waals surface area contributed by atoms with E-state index in [9.17, 15) is 19.7 Å². The fourth-order valence-corrected chi connectivity index (χ4v) is 2.25. The van der Waals surface area contributed by atoms with Crippen LogP contribution in [0.15, 0.2) is 28.7 Å². The minimum atomic E-state index is -1.04. The van der Waals surface area contributed by atoms with E-state index in [1.807, 2.05) is 26.8 Å². The Hall–Kier alpha value is -2.96. The zero-order valence-electron chi connectivity index (χ0n) is 13.8. The van der Waals surface area contributed by atoms with Crippen LogP contribution in [0.4, 0.5) is 5.88 Å². The molecule has 0 saturated heterocycles. The van der Waals surface area contributed by atoms with E-state index in [2.05, 4.69) is 0 Å². The zero-order valence-corrected chi connectivity index (χ0v) is 13.8. The number of aryl methyl sites for hydroxylation is 3. The van der Waals surface area contributed by atoms with Crippen molar-refractivity contribution >= 4 is 17.6 Å². The largest absolute Gasteiger partial charge is 0.448 e. The normalized spacial score (nSPS) is 11.8. The summed E-state index contributed by atoms with van der Waals surface area (Å²) < 4.78 is 9.83. The minimum Gasteiger partial charge on any atom is -0.448 e. The monoisotopic (exact) mass is 331 g/mol. The molecule has 0 radical (unpaired) electrons. The number of furan rings is 1. The maximum absolute atomic E-state index is 12.5. The molecular weight excluding hydrogens is 314 g/mol. The van der Waals surface area contributed by atoms with Gasteiger partial charge < -0.3 is 9.15 Å². The lowest BCUT2D eigenvalue weighted by atomic mass is 9.96. The number of nitrogens with zero attached hydrogens (tertiary/aromatic N) is 1. The van der Waals surface area contributed by atoms with E-state index in [4.69, 9.17) is 9.15 Å². The van der Waals surface area contributed by atoms with Gasteiger partial charge in [0.05, 0.1) is 6.07 Å². The molecule has 0 unspecified atom stereocenters. The summed E-state index contributed by atoms with van der Waals surface area (Å²) in [5.41, 5.74) is 3.30. The summed E-state index contributed by atoms with van der Waals surface area (Å²) in [7, 11) is 0. The van der Waals surface area contributed by atoms with Crippen molar-refractivity contribution in [1.29, 1.82) is 0 Å². The SMILES string of the molecule is Cc1cc(C)c(C(=O)[C@H](C)OC(=O)c2ccc([N+](=O)[O-])o2)cc1C. The Bertz CT molecular complexity index is 820. The number of ether oxygens (including phenoxy) is 1. The molecule has 1 aromatic heterocycles. The van der Waals surface area contributed by atoms with E-state index < -0.39 is 22.9 Å². The molecule has 0 fully saturated rings. The molecule has 0 aliphatic rings. The Labute approximate surface area is 138 Å². The van der Waals surface area contributed by atoms with Gasteiger partial charge in [0.15, 0.2) is 6.10 Å². The fourth-order valence-electron chi connectivity index (χ4n) is 2.25. The number of hydrogen-bond donors (Lipinski definition) is 0. The maximum atomic E-state index is 12.5. The first kappa shape index (κ1) is 17.4. The quantitative estimate of drug-likeness (QED) is 0.359. The molecule has 0 amide bonds. The summed E-state index contributed by atoms with van der Waals surface area (Å²) in [5.74, 6) is -2.15. The zero-order chi connectivity index (χ0) is 18.0. The third kappa shape index (κ3) is 3.51. The van der Waals surface area contributed by atoms with Gasteiger partial charge in [0.25, 0.3) is 0 Å². The summed E-state index contributed by atoms with van der Waals surface area (Å²) >= 11 is 0. The van der Waals surface area contributed by atoms with Crippen LogP contribution in [0.2, 0.25) is 0 Å². The van der Waals surface area contributed by atoms with E-state index in [-0.39, 0.29) is 11.5 Å². The van der Waals surface area contributed by atoms with Crippen LogP contribution in [-0.2, 0) is 4.74 Å². The smallest absolute Gasteiger partial charge is 0.433 e. The molecule has 0 aliphatic heterocycles. The molecule has 2 rings (SSSR count). The Kier molecular flexibility index (Phi) is 4.82. The summed E-state index contributed by atoms with van der Waals surface area (Å²) in [6, 6.07) is 5.84. The standard InChI is InChI=1S/C17H17NO6/c1-9-7-11(3)13(8-10(9)2)16(19)12(4)23-17(20)14-5-6-15(24-14)18(21)22/h5-8,12H,1-4H3/t12-/m0/s1. The van der Waals surface area contributed by atoms with Gasteiger partial charge in [-0.1, -0.05) is 6.07 Å². The van der Waals surface area contributed by atoms with E-state index in [1.165, 1.54) is 6.92 Å². The van der Waals surface area contributed by atoms with Crippen LogP contribution in [0, 0.1) is 30.9 Å². The van der Waals surface area contributed by atoms with Gasteiger partial charge in [-0.2, -0.15) is 0 Å². The van der Waals surface area contributed by atoms with Gasteiger partial charge >= 0.3 is 11.9 Å². The lowest BCUT2D eigenvalue weighted by Gasteiger charge is -2.14.